The van der Waals surface area contributed by atoms with E-state index in [1.807, 2.05) is 0 Å². The van der Waals surface area contributed by atoms with Crippen molar-refractivity contribution < 1.29 is 24.1 Å². The highest BCUT2D eigenvalue weighted by Crippen LogP contribution is 2.77. The molecule has 202 valence electrons. The van der Waals surface area contributed by atoms with Crippen molar-refractivity contribution in [3.8, 4) is 0 Å². The van der Waals surface area contributed by atoms with Gasteiger partial charge in [0.2, 0.25) is 0 Å². The Labute approximate surface area is 250 Å². The molecule has 0 radical (unpaired) electrons. The van der Waals surface area contributed by atoms with Crippen molar-refractivity contribution in [2.45, 2.75) is 14.1 Å². The predicted octanol–water partition coefficient (Wildman–Crippen LogP) is 5.28. The lowest BCUT2D eigenvalue weighted by Gasteiger charge is -2.36. The van der Waals surface area contributed by atoms with Crippen LogP contribution in [0.5, 0.6) is 0 Å². The van der Waals surface area contributed by atoms with Crippen LogP contribution in [0.25, 0.3) is 0 Å². The van der Waals surface area contributed by atoms with Crippen LogP contribution in [-0.4, -0.2) is 59.1 Å². The first kappa shape index (κ1) is 28.1. The number of nitro benzene ring substituents is 1. The van der Waals surface area contributed by atoms with Crippen LogP contribution in [0.1, 0.15) is 20.7 Å². The molecule has 1 saturated carbocycles. The molecule has 0 spiro atoms. The second-order valence-corrected chi connectivity index (χ2v) is 12.3. The molecule has 39 heavy (non-hydrogen) atoms. The van der Waals surface area contributed by atoms with Crippen LogP contribution < -0.4 is 0 Å². The van der Waals surface area contributed by atoms with Crippen LogP contribution >= 0.6 is 69.6 Å². The predicted molar refractivity (Wildman–Crippen MR) is 144 cm³/mol. The fourth-order valence-corrected chi connectivity index (χ4v) is 8.11. The smallest absolute Gasteiger partial charge is 0.273 e. The van der Waals surface area contributed by atoms with Gasteiger partial charge in [0, 0.05) is 23.3 Å². The van der Waals surface area contributed by atoms with Crippen LogP contribution in [0.15, 0.2) is 64.7 Å². The number of hydrazine groups is 1. The van der Waals surface area contributed by atoms with Crippen molar-refractivity contribution in [2.75, 3.05) is 6.54 Å². The number of hydrogen-bond donors (Lipinski definition) is 0. The van der Waals surface area contributed by atoms with Gasteiger partial charge in [-0.2, -0.15) is 5.01 Å². The van der Waals surface area contributed by atoms with E-state index in [1.54, 1.807) is 18.2 Å². The number of nitrogens with zero attached hydrogens (tertiary/aromatic N) is 3. The quantitative estimate of drug-likeness (QED) is 0.138. The highest BCUT2D eigenvalue weighted by molar-refractivity contribution is 6.66. The van der Waals surface area contributed by atoms with Gasteiger partial charge in [-0.25, -0.2) is 5.01 Å². The first-order valence-electron chi connectivity index (χ1n) is 11.0. The van der Waals surface area contributed by atoms with Gasteiger partial charge >= 0.3 is 0 Å². The van der Waals surface area contributed by atoms with Gasteiger partial charge < -0.3 is 0 Å². The van der Waals surface area contributed by atoms with Crippen LogP contribution in [0.4, 0.5) is 5.69 Å². The fourth-order valence-electron chi connectivity index (χ4n) is 5.18. The van der Waals surface area contributed by atoms with Gasteiger partial charge in [0.05, 0.1) is 26.8 Å². The van der Waals surface area contributed by atoms with Gasteiger partial charge in [-0.1, -0.05) is 76.7 Å². The van der Waals surface area contributed by atoms with Crippen LogP contribution in [0.3, 0.4) is 0 Å². The number of nitro groups is 1. The molecule has 1 saturated heterocycles. The van der Waals surface area contributed by atoms with Gasteiger partial charge in [0.15, 0.2) is 10.1 Å². The maximum atomic E-state index is 13.8. The lowest BCUT2D eigenvalue weighted by atomic mass is 9.84. The third-order valence-electron chi connectivity index (χ3n) is 7.08. The SMILES string of the molecule is O=C(CN(C(=O)c1ccc([N+](=O)[O-])cc1)N1C(=O)[C@@H]2[C@H](C1=O)[C@@]1(Cl)C(Cl)=C(Cl)[C@@]2(Cl)C1(Cl)Cl)c1ccccc1. The minimum absolute atomic E-state index is 0.151. The summed E-state index contributed by atoms with van der Waals surface area (Å²) in [5.74, 6) is -6.74. The second kappa shape index (κ2) is 9.33. The number of fused-ring (bicyclic) bond motifs is 5. The maximum absolute atomic E-state index is 13.8. The number of non-ortho nitro benzene ring substituents is 1. The number of Topliss-reactive ketones (excluding diaryl/α,β-unsaturated/α-hetero) is 1. The molecular formula is C24H13Cl6N3O6. The minimum Gasteiger partial charge on any atom is -0.292 e. The molecule has 0 unspecified atom stereocenters. The van der Waals surface area contributed by atoms with Crippen LogP contribution in [0, 0.1) is 22.0 Å². The summed E-state index contributed by atoms with van der Waals surface area (Å²) in [7, 11) is 0. The molecule has 1 aliphatic heterocycles. The van der Waals surface area contributed by atoms with Gasteiger partial charge in [-0.15, -0.1) is 23.2 Å². The van der Waals surface area contributed by atoms with E-state index in [9.17, 15) is 29.3 Å². The Balaban J connectivity index is 1.59. The molecule has 9 nitrogen and oxygen atoms in total. The Morgan fingerprint density at radius 3 is 1.79 bits per heavy atom. The summed E-state index contributed by atoms with van der Waals surface area (Å²) >= 11 is 39.2. The van der Waals surface area contributed by atoms with Crippen molar-refractivity contribution in [2.24, 2.45) is 11.8 Å². The topological polar surface area (TPSA) is 118 Å². The van der Waals surface area contributed by atoms with E-state index in [-0.39, 0.29) is 26.9 Å². The zero-order chi connectivity index (χ0) is 28.7. The van der Waals surface area contributed by atoms with Gasteiger partial charge in [-0.3, -0.25) is 29.3 Å². The minimum atomic E-state index is -2.18. The molecule has 1 heterocycles. The highest BCUT2D eigenvalue weighted by Gasteiger charge is 2.88. The molecule has 2 fully saturated rings. The zero-order valence-corrected chi connectivity index (χ0v) is 23.7. The van der Waals surface area contributed by atoms with Crippen molar-refractivity contribution in [1.29, 1.82) is 0 Å². The number of hydrogen-bond acceptors (Lipinski definition) is 6. The largest absolute Gasteiger partial charge is 0.292 e. The number of alkyl halides is 4. The lowest BCUT2D eigenvalue weighted by Crippen LogP contribution is -2.56. The average Bonchev–Trinajstić information content (AvgIpc) is 3.30. The number of ketones is 1. The molecule has 0 aromatic heterocycles. The Morgan fingerprint density at radius 2 is 1.33 bits per heavy atom. The average molecular weight is 652 g/mol. The maximum Gasteiger partial charge on any atom is 0.273 e. The number of imide groups is 1. The van der Waals surface area contributed by atoms with Crippen molar-refractivity contribution in [1.82, 2.24) is 10.0 Å². The molecule has 5 rings (SSSR count). The zero-order valence-electron chi connectivity index (χ0n) is 19.1. The number of amides is 3. The number of rotatable bonds is 6. The van der Waals surface area contributed by atoms with Gasteiger partial charge in [-0.05, 0) is 12.1 Å². The van der Waals surface area contributed by atoms with Crippen molar-refractivity contribution in [3.05, 3.63) is 85.9 Å². The molecule has 3 amide bonds. The molecule has 0 N–H and O–H groups in total. The molecule has 2 bridgehead atoms. The van der Waals surface area contributed by atoms with Crippen LogP contribution in [0.2, 0.25) is 0 Å². The van der Waals surface area contributed by atoms with Crippen molar-refractivity contribution >= 4 is 98.8 Å². The molecular weight excluding hydrogens is 639 g/mol. The number of carbonyl (C=O) groups is 4. The van der Waals surface area contributed by atoms with Crippen LogP contribution in [-0.2, 0) is 9.59 Å². The lowest BCUT2D eigenvalue weighted by molar-refractivity contribution is -0.384. The summed E-state index contributed by atoms with van der Waals surface area (Å²) in [5.41, 5.74) is -0.266. The summed E-state index contributed by atoms with van der Waals surface area (Å²) in [6.07, 6.45) is 0. The Hall–Kier alpha value is -2.40. The van der Waals surface area contributed by atoms with E-state index in [0.717, 1.165) is 24.3 Å². The highest BCUT2D eigenvalue weighted by atomic mass is 35.5. The monoisotopic (exact) mass is 649 g/mol. The Bertz CT molecular complexity index is 1450. The normalized spacial score (nSPS) is 28.6. The fraction of sp³-hybridized carbons (Fsp3) is 0.250. The number of benzene rings is 2. The van der Waals surface area contributed by atoms with E-state index >= 15 is 0 Å². The number of halogens is 6. The van der Waals surface area contributed by atoms with E-state index in [0.29, 0.717) is 10.0 Å². The molecule has 3 aliphatic rings. The summed E-state index contributed by atoms with van der Waals surface area (Å²) in [4.78, 5) is 60.6. The first-order chi connectivity index (χ1) is 18.2. The third-order valence-corrected chi connectivity index (χ3v) is 11.3. The standard InChI is InChI=1S/C24H13Cl6N3O6/c25-17-18(26)23(28)16-15(22(17,27)24(23,29)30)20(36)32(21(16)37)31(10-14(34)11-4-2-1-3-5-11)19(35)12-6-8-13(9-7-12)33(38)39/h1-9,15-16H,10H2/t15-,16+,22-,23-/m1/s1. The Morgan fingerprint density at radius 1 is 0.846 bits per heavy atom. The summed E-state index contributed by atoms with van der Waals surface area (Å²) in [5, 5.41) is 11.5. The summed E-state index contributed by atoms with van der Waals surface area (Å²) in [6, 6.07) is 12.2. The Kier molecular flexibility index (Phi) is 6.73. The van der Waals surface area contributed by atoms with Crippen molar-refractivity contribution in [3.63, 3.8) is 0 Å². The second-order valence-electron chi connectivity index (χ2n) is 9.03. The van der Waals surface area contributed by atoms with E-state index in [1.165, 1.54) is 12.1 Å². The number of carbonyl (C=O) groups excluding carboxylic acids is 4. The first-order valence-corrected chi connectivity index (χ1v) is 13.3. The third kappa shape index (κ3) is 3.60. The van der Waals surface area contributed by atoms with Gasteiger partial charge in [0.25, 0.3) is 23.4 Å². The van der Waals surface area contributed by atoms with E-state index < -0.39 is 60.9 Å². The molecule has 4 atom stereocenters. The number of allylic oxidation sites excluding steroid dienone is 2. The molecule has 2 aromatic rings. The van der Waals surface area contributed by atoms with E-state index in [4.69, 9.17) is 69.6 Å². The summed E-state index contributed by atoms with van der Waals surface area (Å²) < 4.78 is -2.18. The van der Waals surface area contributed by atoms with E-state index in [2.05, 4.69) is 0 Å². The molecule has 2 aromatic carbocycles. The molecule has 15 heteroatoms. The van der Waals surface area contributed by atoms with Gasteiger partial charge in [0.1, 0.15) is 16.3 Å². The molecule has 2 aliphatic carbocycles. The summed E-state index contributed by atoms with van der Waals surface area (Å²) in [6.45, 7) is -0.761.